The number of carbonyl (C=O) groups excluding carboxylic acids is 1. The molecule has 2 heterocycles. The van der Waals surface area contributed by atoms with Crippen molar-refractivity contribution in [3.63, 3.8) is 0 Å². The van der Waals surface area contributed by atoms with Crippen LogP contribution in [0.5, 0.6) is 0 Å². The fourth-order valence-corrected chi connectivity index (χ4v) is 2.72. The van der Waals surface area contributed by atoms with Crippen LogP contribution in [0.4, 0.5) is 4.79 Å². The first-order chi connectivity index (χ1) is 10.4. The van der Waals surface area contributed by atoms with Crippen LogP contribution in [0, 0.1) is 18.3 Å². The molecule has 0 saturated carbocycles. The molecule has 0 aromatic carbocycles. The zero-order valence-electron chi connectivity index (χ0n) is 12.7. The molecule has 1 fully saturated rings. The Morgan fingerprint density at radius 3 is 2.86 bits per heavy atom. The van der Waals surface area contributed by atoms with Crippen molar-refractivity contribution in [1.82, 2.24) is 20.2 Å². The Labute approximate surface area is 129 Å². The number of aromatic nitrogens is 2. The standard InChI is InChI=1S/C15H20N4O3/c1-4-10-8-16-13(17-10)11-6-5-7-19(11)14(20)12(9(2)3)18-15(21)22/h1,8-9,11-12,18H,5-7H2,2-3H3,(H,16,17)(H,21,22). The van der Waals surface area contributed by atoms with Crippen LogP contribution in [0.25, 0.3) is 0 Å². The van der Waals surface area contributed by atoms with Gasteiger partial charge in [-0.15, -0.1) is 6.42 Å². The van der Waals surface area contributed by atoms with Gasteiger partial charge in [0.1, 0.15) is 17.6 Å². The van der Waals surface area contributed by atoms with E-state index in [0.717, 1.165) is 12.8 Å². The van der Waals surface area contributed by atoms with Gasteiger partial charge in [-0.1, -0.05) is 19.8 Å². The lowest BCUT2D eigenvalue weighted by molar-refractivity contribution is -0.135. The van der Waals surface area contributed by atoms with Gasteiger partial charge in [0.05, 0.1) is 12.2 Å². The summed E-state index contributed by atoms with van der Waals surface area (Å²) in [6.07, 6.45) is 7.31. The molecular formula is C15H20N4O3. The van der Waals surface area contributed by atoms with Crippen LogP contribution in [-0.4, -0.2) is 44.6 Å². The number of imidazole rings is 1. The maximum atomic E-state index is 12.7. The Balaban J connectivity index is 2.19. The lowest BCUT2D eigenvalue weighted by Crippen LogP contribution is -2.50. The zero-order chi connectivity index (χ0) is 16.3. The molecule has 118 valence electrons. The van der Waals surface area contributed by atoms with Gasteiger partial charge in [0, 0.05) is 6.54 Å². The molecule has 0 radical (unpaired) electrons. The number of terminal acetylenes is 1. The number of amides is 2. The summed E-state index contributed by atoms with van der Waals surface area (Å²) < 4.78 is 0. The molecule has 22 heavy (non-hydrogen) atoms. The molecule has 0 bridgehead atoms. The second kappa shape index (κ2) is 6.52. The SMILES string of the molecule is C#Cc1cnc(C2CCCN2C(=O)C(NC(=O)O)C(C)C)[nH]1. The zero-order valence-corrected chi connectivity index (χ0v) is 12.7. The number of carbonyl (C=O) groups is 2. The second-order valence-corrected chi connectivity index (χ2v) is 5.69. The van der Waals surface area contributed by atoms with Crippen LogP contribution in [-0.2, 0) is 4.79 Å². The minimum Gasteiger partial charge on any atom is -0.465 e. The van der Waals surface area contributed by atoms with Gasteiger partial charge in [-0.25, -0.2) is 9.78 Å². The number of H-pyrrole nitrogens is 1. The van der Waals surface area contributed by atoms with Gasteiger partial charge in [-0.3, -0.25) is 4.79 Å². The highest BCUT2D eigenvalue weighted by molar-refractivity contribution is 5.86. The van der Waals surface area contributed by atoms with Crippen molar-refractivity contribution in [3.8, 4) is 12.3 Å². The van der Waals surface area contributed by atoms with Gasteiger partial charge in [0.15, 0.2) is 0 Å². The Kier molecular flexibility index (Phi) is 4.71. The van der Waals surface area contributed by atoms with Crippen LogP contribution in [0.2, 0.25) is 0 Å². The molecule has 1 aliphatic rings. The number of hydrogen-bond donors (Lipinski definition) is 3. The molecule has 7 heteroatoms. The first-order valence-electron chi connectivity index (χ1n) is 7.25. The topological polar surface area (TPSA) is 98.3 Å². The lowest BCUT2D eigenvalue weighted by atomic mass is 10.0. The molecule has 3 N–H and O–H groups in total. The highest BCUT2D eigenvalue weighted by Gasteiger charge is 2.37. The molecule has 2 unspecified atom stereocenters. The Morgan fingerprint density at radius 1 is 1.59 bits per heavy atom. The van der Waals surface area contributed by atoms with E-state index >= 15 is 0 Å². The number of nitrogens with zero attached hydrogens (tertiary/aromatic N) is 2. The number of rotatable bonds is 4. The predicted octanol–water partition coefficient (Wildman–Crippen LogP) is 1.35. The molecule has 1 aliphatic heterocycles. The van der Waals surface area contributed by atoms with Crippen molar-refractivity contribution in [1.29, 1.82) is 0 Å². The summed E-state index contributed by atoms with van der Waals surface area (Å²) in [7, 11) is 0. The van der Waals surface area contributed by atoms with Crippen LogP contribution in [0.1, 0.15) is 44.2 Å². The first kappa shape index (κ1) is 15.9. The molecule has 2 atom stereocenters. The molecule has 1 saturated heterocycles. The predicted molar refractivity (Wildman–Crippen MR) is 80.0 cm³/mol. The minimum atomic E-state index is -1.20. The van der Waals surface area contributed by atoms with Crippen molar-refractivity contribution in [2.45, 2.75) is 38.8 Å². The number of likely N-dealkylation sites (tertiary alicyclic amines) is 1. The summed E-state index contributed by atoms with van der Waals surface area (Å²) >= 11 is 0. The summed E-state index contributed by atoms with van der Waals surface area (Å²) in [5, 5.41) is 11.2. The highest BCUT2D eigenvalue weighted by Crippen LogP contribution is 2.31. The van der Waals surface area contributed by atoms with Crippen LogP contribution < -0.4 is 5.32 Å². The van der Waals surface area contributed by atoms with Gasteiger partial charge in [-0.2, -0.15) is 0 Å². The summed E-state index contributed by atoms with van der Waals surface area (Å²) in [5.41, 5.74) is 0.568. The number of aromatic amines is 1. The third-order valence-electron chi connectivity index (χ3n) is 3.81. The van der Waals surface area contributed by atoms with E-state index in [1.807, 2.05) is 13.8 Å². The average Bonchev–Trinajstić information content (AvgIpc) is 3.11. The van der Waals surface area contributed by atoms with Crippen molar-refractivity contribution >= 4 is 12.0 Å². The van der Waals surface area contributed by atoms with Gasteiger partial charge in [0.25, 0.3) is 0 Å². The fraction of sp³-hybridized carbons (Fsp3) is 0.533. The summed E-state index contributed by atoms with van der Waals surface area (Å²) in [4.78, 5) is 32.5. The molecule has 1 aromatic rings. The third-order valence-corrected chi connectivity index (χ3v) is 3.81. The normalized spacial score (nSPS) is 19.0. The van der Waals surface area contributed by atoms with Crippen molar-refractivity contribution in [2.24, 2.45) is 5.92 Å². The third kappa shape index (κ3) is 3.22. The van der Waals surface area contributed by atoms with Gasteiger partial charge in [-0.05, 0) is 18.8 Å². The van der Waals surface area contributed by atoms with E-state index in [1.165, 1.54) is 0 Å². The maximum Gasteiger partial charge on any atom is 0.405 e. The molecule has 2 rings (SSSR count). The summed E-state index contributed by atoms with van der Waals surface area (Å²) in [6, 6.07) is -0.952. The van der Waals surface area contributed by atoms with E-state index in [1.54, 1.807) is 11.1 Å². The fourth-order valence-electron chi connectivity index (χ4n) is 2.72. The van der Waals surface area contributed by atoms with Gasteiger partial charge >= 0.3 is 6.09 Å². The van der Waals surface area contributed by atoms with E-state index in [9.17, 15) is 9.59 Å². The van der Waals surface area contributed by atoms with E-state index in [-0.39, 0.29) is 17.9 Å². The van der Waals surface area contributed by atoms with Crippen LogP contribution >= 0.6 is 0 Å². The van der Waals surface area contributed by atoms with Crippen molar-refractivity contribution in [3.05, 3.63) is 17.7 Å². The van der Waals surface area contributed by atoms with Crippen LogP contribution in [0.3, 0.4) is 0 Å². The molecule has 1 aromatic heterocycles. The quantitative estimate of drug-likeness (QED) is 0.731. The summed E-state index contributed by atoms with van der Waals surface area (Å²) in [5.74, 6) is 2.76. The Hall–Kier alpha value is -2.49. The number of carboxylic acid groups (broad SMARTS) is 1. The van der Waals surface area contributed by atoms with E-state index < -0.39 is 12.1 Å². The summed E-state index contributed by atoms with van der Waals surface area (Å²) in [6.45, 7) is 4.21. The van der Waals surface area contributed by atoms with Crippen molar-refractivity contribution in [2.75, 3.05) is 6.54 Å². The molecular weight excluding hydrogens is 284 g/mol. The maximum absolute atomic E-state index is 12.7. The Morgan fingerprint density at radius 2 is 2.32 bits per heavy atom. The highest BCUT2D eigenvalue weighted by atomic mass is 16.4. The molecule has 7 nitrogen and oxygen atoms in total. The average molecular weight is 304 g/mol. The monoisotopic (exact) mass is 304 g/mol. The lowest BCUT2D eigenvalue weighted by Gasteiger charge is -2.29. The van der Waals surface area contributed by atoms with Gasteiger partial charge < -0.3 is 20.3 Å². The van der Waals surface area contributed by atoms with E-state index in [0.29, 0.717) is 18.1 Å². The van der Waals surface area contributed by atoms with Crippen molar-refractivity contribution < 1.29 is 14.7 Å². The first-order valence-corrected chi connectivity index (χ1v) is 7.25. The van der Waals surface area contributed by atoms with E-state index in [4.69, 9.17) is 11.5 Å². The molecule has 0 spiro atoms. The Bertz CT molecular complexity index is 602. The largest absolute Gasteiger partial charge is 0.465 e. The number of hydrogen-bond acceptors (Lipinski definition) is 3. The second-order valence-electron chi connectivity index (χ2n) is 5.69. The smallest absolute Gasteiger partial charge is 0.405 e. The van der Waals surface area contributed by atoms with Gasteiger partial charge in [0.2, 0.25) is 5.91 Å². The van der Waals surface area contributed by atoms with Crippen LogP contribution in [0.15, 0.2) is 6.20 Å². The number of nitrogens with one attached hydrogen (secondary N) is 2. The molecule has 2 amide bonds. The van der Waals surface area contributed by atoms with E-state index in [2.05, 4.69) is 21.2 Å². The minimum absolute atomic E-state index is 0.136. The molecule has 0 aliphatic carbocycles.